The Morgan fingerprint density at radius 3 is 3.00 bits per heavy atom. The van der Waals surface area contributed by atoms with Crippen LogP contribution in [0.25, 0.3) is 0 Å². The van der Waals surface area contributed by atoms with E-state index in [1.54, 1.807) is 6.92 Å². The molecule has 14 heavy (non-hydrogen) atoms. The van der Waals surface area contributed by atoms with Crippen LogP contribution < -0.4 is 5.32 Å². The molecule has 1 unspecified atom stereocenters. The molecule has 1 saturated heterocycles. The highest BCUT2D eigenvalue weighted by molar-refractivity contribution is 5.79. The molecular formula is C9H16N2O3. The molecule has 0 aromatic carbocycles. The van der Waals surface area contributed by atoms with Crippen LogP contribution in [0.2, 0.25) is 0 Å². The van der Waals surface area contributed by atoms with Gasteiger partial charge in [-0.25, -0.2) is 0 Å². The van der Waals surface area contributed by atoms with Gasteiger partial charge in [0, 0.05) is 19.6 Å². The molecule has 80 valence electrons. The number of carbonyl (C=O) groups is 2. The first-order chi connectivity index (χ1) is 6.63. The van der Waals surface area contributed by atoms with Gasteiger partial charge in [0.2, 0.25) is 5.91 Å². The fourth-order valence-electron chi connectivity index (χ4n) is 1.51. The number of methoxy groups -OCH3 is 1. The number of piperazine rings is 1. The number of ether oxygens (including phenoxy) is 1. The molecule has 1 atom stereocenters. The Morgan fingerprint density at radius 1 is 1.71 bits per heavy atom. The Hall–Kier alpha value is -1.10. The highest BCUT2D eigenvalue weighted by atomic mass is 16.5. The van der Waals surface area contributed by atoms with Gasteiger partial charge >= 0.3 is 5.97 Å². The third-order valence-corrected chi connectivity index (χ3v) is 2.25. The van der Waals surface area contributed by atoms with Crippen molar-refractivity contribution in [3.63, 3.8) is 0 Å². The summed E-state index contributed by atoms with van der Waals surface area (Å²) in [4.78, 5) is 24.1. The van der Waals surface area contributed by atoms with Gasteiger partial charge in [0.05, 0.1) is 19.6 Å². The zero-order valence-corrected chi connectivity index (χ0v) is 8.58. The average Bonchev–Trinajstić information content (AvgIpc) is 2.16. The second-order valence-corrected chi connectivity index (χ2v) is 3.51. The molecule has 0 saturated carbocycles. The van der Waals surface area contributed by atoms with E-state index in [9.17, 15) is 9.59 Å². The van der Waals surface area contributed by atoms with Gasteiger partial charge in [0.25, 0.3) is 0 Å². The normalized spacial score (nSPS) is 20.0. The topological polar surface area (TPSA) is 58.6 Å². The van der Waals surface area contributed by atoms with Gasteiger partial charge in [-0.15, -0.1) is 0 Å². The summed E-state index contributed by atoms with van der Waals surface area (Å²) in [5.74, 6) is -0.379. The van der Waals surface area contributed by atoms with E-state index >= 15 is 0 Å². The minimum absolute atomic E-state index is 0.0216. The first kappa shape index (κ1) is 11.0. The number of rotatable bonds is 3. The minimum atomic E-state index is -0.226. The van der Waals surface area contributed by atoms with Crippen molar-refractivity contribution in [2.75, 3.05) is 33.3 Å². The maximum Gasteiger partial charge on any atom is 0.309 e. The summed E-state index contributed by atoms with van der Waals surface area (Å²) in [5, 5.41) is 2.73. The second-order valence-electron chi connectivity index (χ2n) is 3.51. The van der Waals surface area contributed by atoms with E-state index < -0.39 is 0 Å². The summed E-state index contributed by atoms with van der Waals surface area (Å²) in [6.07, 6.45) is 0. The van der Waals surface area contributed by atoms with Crippen molar-refractivity contribution >= 4 is 11.9 Å². The molecule has 5 nitrogen and oxygen atoms in total. The van der Waals surface area contributed by atoms with Crippen LogP contribution in [0.3, 0.4) is 0 Å². The zero-order valence-electron chi connectivity index (χ0n) is 8.58. The van der Waals surface area contributed by atoms with E-state index in [1.165, 1.54) is 7.11 Å². The fourth-order valence-corrected chi connectivity index (χ4v) is 1.51. The van der Waals surface area contributed by atoms with Crippen LogP contribution in [0, 0.1) is 5.92 Å². The smallest absolute Gasteiger partial charge is 0.309 e. The Bertz CT molecular complexity index is 230. The van der Waals surface area contributed by atoms with Crippen molar-refractivity contribution in [2.24, 2.45) is 5.92 Å². The van der Waals surface area contributed by atoms with Crippen LogP contribution in [0.1, 0.15) is 6.92 Å². The summed E-state index contributed by atoms with van der Waals surface area (Å²) in [5.41, 5.74) is 0. The highest BCUT2D eigenvalue weighted by Gasteiger charge is 2.21. The molecular weight excluding hydrogens is 184 g/mol. The molecule has 1 aliphatic heterocycles. The van der Waals surface area contributed by atoms with Crippen molar-refractivity contribution in [2.45, 2.75) is 6.92 Å². The number of nitrogens with zero attached hydrogens (tertiary/aromatic N) is 1. The van der Waals surface area contributed by atoms with E-state index in [2.05, 4.69) is 10.1 Å². The molecule has 0 aromatic heterocycles. The SMILES string of the molecule is COC(=O)C(C)CN1CCNC(=O)C1. The lowest BCUT2D eigenvalue weighted by Crippen LogP contribution is -2.49. The Morgan fingerprint density at radius 2 is 2.43 bits per heavy atom. The third-order valence-electron chi connectivity index (χ3n) is 2.25. The van der Waals surface area contributed by atoms with Crippen LogP contribution in [0.5, 0.6) is 0 Å². The van der Waals surface area contributed by atoms with Gasteiger partial charge in [-0.05, 0) is 0 Å². The molecule has 0 bridgehead atoms. The predicted octanol–water partition coefficient (Wildman–Crippen LogP) is -0.773. The number of hydrogen-bond donors (Lipinski definition) is 1. The number of hydrogen-bond acceptors (Lipinski definition) is 4. The molecule has 1 N–H and O–H groups in total. The van der Waals surface area contributed by atoms with E-state index in [1.807, 2.05) is 4.90 Å². The van der Waals surface area contributed by atoms with Gasteiger partial charge in [-0.1, -0.05) is 6.92 Å². The van der Waals surface area contributed by atoms with Crippen molar-refractivity contribution in [1.82, 2.24) is 10.2 Å². The van der Waals surface area contributed by atoms with Crippen LogP contribution in [0.4, 0.5) is 0 Å². The summed E-state index contributed by atoms with van der Waals surface area (Å²) in [6.45, 7) is 4.22. The Kier molecular flexibility index (Phi) is 3.88. The quantitative estimate of drug-likeness (QED) is 0.608. The van der Waals surface area contributed by atoms with Crippen molar-refractivity contribution in [3.8, 4) is 0 Å². The van der Waals surface area contributed by atoms with Crippen LogP contribution >= 0.6 is 0 Å². The summed E-state index contributed by atoms with van der Waals surface area (Å²) >= 11 is 0. The molecule has 0 radical (unpaired) electrons. The van der Waals surface area contributed by atoms with Crippen LogP contribution in [-0.4, -0.2) is 50.1 Å². The van der Waals surface area contributed by atoms with Gasteiger partial charge in [0.1, 0.15) is 0 Å². The number of amides is 1. The van der Waals surface area contributed by atoms with Crippen LogP contribution in [-0.2, 0) is 14.3 Å². The molecule has 1 rings (SSSR count). The minimum Gasteiger partial charge on any atom is -0.469 e. The van der Waals surface area contributed by atoms with Crippen molar-refractivity contribution in [1.29, 1.82) is 0 Å². The van der Waals surface area contributed by atoms with Gasteiger partial charge < -0.3 is 10.1 Å². The standard InChI is InChI=1S/C9H16N2O3/c1-7(9(13)14-2)5-11-4-3-10-8(12)6-11/h7H,3-6H2,1-2H3,(H,10,12). The summed E-state index contributed by atoms with van der Waals surface area (Å²) in [7, 11) is 1.38. The molecule has 0 spiro atoms. The maximum atomic E-state index is 11.1. The van der Waals surface area contributed by atoms with E-state index in [-0.39, 0.29) is 17.8 Å². The number of carbonyl (C=O) groups excluding carboxylic acids is 2. The highest BCUT2D eigenvalue weighted by Crippen LogP contribution is 2.03. The molecule has 1 heterocycles. The third kappa shape index (κ3) is 2.99. The summed E-state index contributed by atoms with van der Waals surface area (Å²) in [6, 6.07) is 0. The lowest BCUT2D eigenvalue weighted by atomic mass is 10.1. The van der Waals surface area contributed by atoms with Crippen molar-refractivity contribution < 1.29 is 14.3 Å². The molecule has 1 amide bonds. The van der Waals surface area contributed by atoms with Gasteiger partial charge in [-0.3, -0.25) is 14.5 Å². The lowest BCUT2D eigenvalue weighted by Gasteiger charge is -2.27. The van der Waals surface area contributed by atoms with Crippen molar-refractivity contribution in [3.05, 3.63) is 0 Å². The molecule has 0 aliphatic carbocycles. The average molecular weight is 200 g/mol. The monoisotopic (exact) mass is 200 g/mol. The van der Waals surface area contributed by atoms with E-state index in [0.29, 0.717) is 19.6 Å². The largest absolute Gasteiger partial charge is 0.469 e. The Balaban J connectivity index is 2.35. The molecule has 1 aliphatic rings. The van der Waals surface area contributed by atoms with Gasteiger partial charge in [-0.2, -0.15) is 0 Å². The number of nitrogens with one attached hydrogen (secondary N) is 1. The fraction of sp³-hybridized carbons (Fsp3) is 0.778. The lowest BCUT2D eigenvalue weighted by molar-refractivity contribution is -0.146. The molecule has 1 fully saturated rings. The number of esters is 1. The van der Waals surface area contributed by atoms with E-state index in [0.717, 1.165) is 6.54 Å². The van der Waals surface area contributed by atoms with Gasteiger partial charge in [0.15, 0.2) is 0 Å². The molecule has 0 aromatic rings. The first-order valence-electron chi connectivity index (χ1n) is 4.70. The second kappa shape index (κ2) is 4.95. The Labute approximate surface area is 83.4 Å². The first-order valence-corrected chi connectivity index (χ1v) is 4.70. The zero-order chi connectivity index (χ0) is 10.6. The summed E-state index contributed by atoms with van der Waals surface area (Å²) < 4.78 is 4.61. The predicted molar refractivity (Wildman–Crippen MR) is 50.6 cm³/mol. The molecule has 5 heteroatoms. The van der Waals surface area contributed by atoms with Crippen LogP contribution in [0.15, 0.2) is 0 Å². The maximum absolute atomic E-state index is 11.1. The van der Waals surface area contributed by atoms with E-state index in [4.69, 9.17) is 0 Å².